The van der Waals surface area contributed by atoms with Gasteiger partial charge in [-0.05, 0) is 186 Å². The molecule has 0 fully saturated rings. The van der Waals surface area contributed by atoms with Crippen molar-refractivity contribution in [3.05, 3.63) is 381 Å². The molecule has 108 heavy (non-hydrogen) atoms. The third kappa shape index (κ3) is 18.8. The predicted octanol–water partition coefficient (Wildman–Crippen LogP) is 21.5. The molecule has 0 aliphatic carbocycles. The van der Waals surface area contributed by atoms with Crippen LogP contribution in [0.3, 0.4) is 0 Å². The molecule has 0 N–H and O–H groups in total. The maximum absolute atomic E-state index is 6.27. The van der Waals surface area contributed by atoms with E-state index in [-0.39, 0.29) is 21.7 Å². The monoisotopic (exact) mass is 1430 g/mol. The first-order valence-corrected chi connectivity index (χ1v) is 38.4. The molecule has 0 saturated carbocycles. The molecule has 0 spiro atoms. The lowest BCUT2D eigenvalue weighted by Gasteiger charge is -2.38. The topological polar surface area (TPSA) is 63.1 Å². The van der Waals surface area contributed by atoms with Crippen molar-refractivity contribution < 1.29 is 37.6 Å². The SMILES string of the molecule is Cc1ccc(C(c2ccc(OCCOCCOc3ccc(C[n+]4ccc(-c5cc[n+](Cc6ccc(OCCOCCOc7ccc(C(c8ccc(C)cc8)(c8ccc(C(C)(C)C)cc8)c8ccc(C(C)(C)C)cc8)cc7)cc6)cc5)cc4)cc3)cc2)(c2ccc(C(C)(C)C)cc2)c2ccc(C(C)(C)C)cc2)cc1. The third-order valence-electron chi connectivity index (χ3n) is 21.0. The summed E-state index contributed by atoms with van der Waals surface area (Å²) in [5.74, 6) is 3.23. The Balaban J connectivity index is 0.557. The normalized spacial score (nSPS) is 12.2. The number of pyridine rings is 2. The summed E-state index contributed by atoms with van der Waals surface area (Å²) in [6.07, 6.45) is 8.55. The molecule has 0 unspecified atom stereocenters. The lowest BCUT2D eigenvalue weighted by molar-refractivity contribution is -0.688. The van der Waals surface area contributed by atoms with Gasteiger partial charge in [0, 0.05) is 35.4 Å². The number of hydrogen-bond acceptors (Lipinski definition) is 6. The third-order valence-corrected chi connectivity index (χ3v) is 21.0. The fourth-order valence-electron chi connectivity index (χ4n) is 14.5. The number of benzene rings is 10. The summed E-state index contributed by atoms with van der Waals surface area (Å²) < 4.78 is 41.1. The van der Waals surface area contributed by atoms with Crippen LogP contribution in [-0.4, -0.2) is 52.9 Å². The Morgan fingerprint density at radius 3 is 0.611 bits per heavy atom. The average Bonchev–Trinajstić information content (AvgIpc) is 0.735. The zero-order valence-corrected chi connectivity index (χ0v) is 66.1. The Labute approximate surface area is 644 Å². The van der Waals surface area contributed by atoms with Crippen LogP contribution in [-0.2, 0) is 55.1 Å². The van der Waals surface area contributed by atoms with Crippen LogP contribution in [0.5, 0.6) is 23.0 Å². The molecule has 554 valence electrons. The summed E-state index contributed by atoms with van der Waals surface area (Å²) in [6.45, 7) is 36.6. The van der Waals surface area contributed by atoms with Crippen molar-refractivity contribution in [2.75, 3.05) is 52.9 Å². The molecular weight excluding hydrogens is 1330 g/mol. The number of hydrogen-bond donors (Lipinski definition) is 0. The minimum atomic E-state index is -0.568. The summed E-state index contributed by atoms with van der Waals surface area (Å²) in [7, 11) is 0. The van der Waals surface area contributed by atoms with E-state index < -0.39 is 10.8 Å². The summed E-state index contributed by atoms with van der Waals surface area (Å²) in [4.78, 5) is 0. The van der Waals surface area contributed by atoms with Gasteiger partial charge in [-0.3, -0.25) is 0 Å². The predicted molar refractivity (Wildman–Crippen MR) is 441 cm³/mol. The highest BCUT2D eigenvalue weighted by molar-refractivity contribution is 5.64. The van der Waals surface area contributed by atoms with E-state index in [1.54, 1.807) is 0 Å². The Morgan fingerprint density at radius 1 is 0.213 bits per heavy atom. The molecule has 0 radical (unpaired) electrons. The highest BCUT2D eigenvalue weighted by Gasteiger charge is 2.41. The molecule has 0 saturated heterocycles. The largest absolute Gasteiger partial charge is 0.491 e. The van der Waals surface area contributed by atoms with Crippen LogP contribution >= 0.6 is 0 Å². The first-order chi connectivity index (χ1) is 51.8. The molecule has 0 atom stereocenters. The standard InChI is InChI=1S/C100H110N2O6/c1-73-15-23-83(24-16-73)99(85-35-27-79(28-36-85)95(3,4)5,86-37-29-80(30-38-86)96(6,7)8)89-43-51-93(52-44-89)107-69-65-103-63-67-105-91-47-19-75(20-48-91)71-101-59-55-77(56-60-101)78-57-61-102(62-58-78)72-76-21-49-92(50-22-76)106-68-64-104-66-70-108-94-53-45-90(46-54-94)100(84-25-17-74(2)18-26-84,87-39-31-81(32-40-87)97(9,10)11)88-41-33-82(34-42-88)98(12,13)14/h15-62H,63-72H2,1-14H3/q+2. The van der Waals surface area contributed by atoms with Crippen LogP contribution in [0.4, 0.5) is 0 Å². The van der Waals surface area contributed by atoms with Crippen molar-refractivity contribution in [2.45, 2.75) is 143 Å². The molecule has 12 rings (SSSR count). The van der Waals surface area contributed by atoms with Gasteiger partial charge in [0.1, 0.15) is 49.4 Å². The van der Waals surface area contributed by atoms with E-state index >= 15 is 0 Å². The van der Waals surface area contributed by atoms with Crippen LogP contribution in [0.15, 0.2) is 292 Å². The fraction of sp³-hybridized carbons (Fsp3) is 0.300. The van der Waals surface area contributed by atoms with E-state index in [0.29, 0.717) is 52.9 Å². The highest BCUT2D eigenvalue weighted by atomic mass is 16.5. The van der Waals surface area contributed by atoms with Crippen molar-refractivity contribution >= 4 is 0 Å². The highest BCUT2D eigenvalue weighted by Crippen LogP contribution is 2.49. The van der Waals surface area contributed by atoms with E-state index in [4.69, 9.17) is 28.4 Å². The van der Waals surface area contributed by atoms with Gasteiger partial charge in [0.15, 0.2) is 37.9 Å². The maximum atomic E-state index is 6.27. The minimum Gasteiger partial charge on any atom is -0.491 e. The lowest BCUT2D eigenvalue weighted by atomic mass is 9.64. The molecule has 0 aliphatic rings. The lowest BCUT2D eigenvalue weighted by Crippen LogP contribution is -2.33. The second-order valence-corrected chi connectivity index (χ2v) is 33.0. The second-order valence-electron chi connectivity index (χ2n) is 33.0. The first-order valence-electron chi connectivity index (χ1n) is 38.4. The number of rotatable bonds is 29. The Hall–Kier alpha value is -10.4. The molecule has 12 aromatic rings. The van der Waals surface area contributed by atoms with Gasteiger partial charge in [-0.15, -0.1) is 0 Å². The van der Waals surface area contributed by atoms with Gasteiger partial charge in [0.05, 0.1) is 37.3 Å². The zero-order valence-electron chi connectivity index (χ0n) is 66.1. The Bertz CT molecular complexity index is 4370. The number of ether oxygens (including phenoxy) is 6. The maximum Gasteiger partial charge on any atom is 0.173 e. The summed E-state index contributed by atoms with van der Waals surface area (Å²) >= 11 is 0. The van der Waals surface area contributed by atoms with Gasteiger partial charge >= 0.3 is 0 Å². The van der Waals surface area contributed by atoms with Crippen molar-refractivity contribution in [3.8, 4) is 34.1 Å². The molecule has 8 heteroatoms. The van der Waals surface area contributed by atoms with Crippen molar-refractivity contribution in [3.63, 3.8) is 0 Å². The van der Waals surface area contributed by atoms with Crippen molar-refractivity contribution in [2.24, 2.45) is 0 Å². The minimum absolute atomic E-state index is 0.0372. The van der Waals surface area contributed by atoms with E-state index in [1.807, 2.05) is 24.3 Å². The van der Waals surface area contributed by atoms with Gasteiger partial charge < -0.3 is 28.4 Å². The van der Waals surface area contributed by atoms with Gasteiger partial charge in [-0.1, -0.05) is 264 Å². The Morgan fingerprint density at radius 2 is 0.398 bits per heavy atom. The summed E-state index contributed by atoms with van der Waals surface area (Å²) in [5, 5.41) is 0. The fourth-order valence-corrected chi connectivity index (χ4v) is 14.5. The van der Waals surface area contributed by atoms with Crippen LogP contribution in [0.2, 0.25) is 0 Å². The molecule has 0 amide bonds. The number of aryl methyl sites for hydroxylation is 2. The van der Waals surface area contributed by atoms with Crippen molar-refractivity contribution in [1.29, 1.82) is 0 Å². The van der Waals surface area contributed by atoms with Crippen LogP contribution in [0.1, 0.15) is 172 Å². The molecular formula is C100H110N2O6+2. The first kappa shape index (κ1) is 77.2. The quantitative estimate of drug-likeness (QED) is 0.0264. The van der Waals surface area contributed by atoms with E-state index in [1.165, 1.54) is 89.0 Å². The van der Waals surface area contributed by atoms with Gasteiger partial charge in [0.25, 0.3) is 0 Å². The molecule has 2 aromatic heterocycles. The van der Waals surface area contributed by atoms with Crippen LogP contribution < -0.4 is 28.1 Å². The smallest absolute Gasteiger partial charge is 0.173 e. The van der Waals surface area contributed by atoms with E-state index in [9.17, 15) is 0 Å². The Kier molecular flexibility index (Phi) is 24.2. The van der Waals surface area contributed by atoms with Crippen LogP contribution in [0, 0.1) is 13.8 Å². The summed E-state index contributed by atoms with van der Waals surface area (Å²) in [6, 6.07) is 97.7. The molecule has 0 bridgehead atoms. The second kappa shape index (κ2) is 33.8. The van der Waals surface area contributed by atoms with E-state index in [2.05, 4.69) is 374 Å². The zero-order chi connectivity index (χ0) is 76.1. The van der Waals surface area contributed by atoms with Gasteiger partial charge in [0.2, 0.25) is 0 Å². The molecule has 10 aromatic carbocycles. The average molecular weight is 1440 g/mol. The molecule has 8 nitrogen and oxygen atoms in total. The van der Waals surface area contributed by atoms with E-state index in [0.717, 1.165) is 47.2 Å². The van der Waals surface area contributed by atoms with Crippen molar-refractivity contribution in [1.82, 2.24) is 0 Å². The molecule has 2 heterocycles. The van der Waals surface area contributed by atoms with Crippen LogP contribution in [0.25, 0.3) is 11.1 Å². The number of aromatic nitrogens is 2. The number of nitrogens with zero attached hydrogens (tertiary/aromatic N) is 2. The summed E-state index contributed by atoms with van der Waals surface area (Å²) in [5.41, 5.74) is 21.1. The van der Waals surface area contributed by atoms with Gasteiger partial charge in [-0.25, -0.2) is 9.13 Å². The molecule has 0 aliphatic heterocycles. The van der Waals surface area contributed by atoms with Gasteiger partial charge in [-0.2, -0.15) is 0 Å².